The third kappa shape index (κ3) is 4.99. The van der Waals surface area contributed by atoms with E-state index >= 15 is 0 Å². The van der Waals surface area contributed by atoms with Crippen molar-refractivity contribution in [3.8, 4) is 5.69 Å². The van der Waals surface area contributed by atoms with Gasteiger partial charge in [-0.1, -0.05) is 11.6 Å². The minimum atomic E-state index is -4.02. The van der Waals surface area contributed by atoms with Gasteiger partial charge in [0.15, 0.2) is 5.82 Å². The van der Waals surface area contributed by atoms with Crippen LogP contribution in [0.2, 0.25) is 5.02 Å². The minimum absolute atomic E-state index is 0.171. The Morgan fingerprint density at radius 3 is 2.30 bits per heavy atom. The fourth-order valence-electron chi connectivity index (χ4n) is 2.85. The molecule has 0 spiro atoms. The van der Waals surface area contributed by atoms with Crippen LogP contribution in [0.1, 0.15) is 10.4 Å². The maximum absolute atomic E-state index is 14.3. The number of hydrogen-bond donors (Lipinski definition) is 2. The third-order valence-corrected chi connectivity index (χ3v) is 6.14. The number of sulfonamides is 1. The second-order valence-corrected chi connectivity index (χ2v) is 8.81. The summed E-state index contributed by atoms with van der Waals surface area (Å²) in [5.41, 5.74) is 0.780. The van der Waals surface area contributed by atoms with Crippen molar-refractivity contribution < 1.29 is 22.0 Å². The van der Waals surface area contributed by atoms with E-state index in [2.05, 4.69) is 20.1 Å². The summed E-state index contributed by atoms with van der Waals surface area (Å²) in [5, 5.41) is 6.09. The summed E-state index contributed by atoms with van der Waals surface area (Å²) in [6.07, 6.45) is 2.62. The van der Waals surface area contributed by atoms with Crippen molar-refractivity contribution in [1.29, 1.82) is 0 Å². The van der Waals surface area contributed by atoms with Crippen molar-refractivity contribution in [2.24, 2.45) is 0 Å². The normalized spacial score (nSPS) is 11.2. The Labute approximate surface area is 191 Å². The van der Waals surface area contributed by atoms with Gasteiger partial charge in [0.1, 0.15) is 24.2 Å². The topological polar surface area (TPSA) is 106 Å². The van der Waals surface area contributed by atoms with E-state index in [-0.39, 0.29) is 32.5 Å². The lowest BCUT2D eigenvalue weighted by Crippen LogP contribution is -2.14. The molecule has 0 fully saturated rings. The summed E-state index contributed by atoms with van der Waals surface area (Å²) in [6.45, 7) is 0. The van der Waals surface area contributed by atoms with Crippen LogP contribution < -0.4 is 10.0 Å². The van der Waals surface area contributed by atoms with Gasteiger partial charge in [-0.05, 0) is 60.7 Å². The van der Waals surface area contributed by atoms with Crippen molar-refractivity contribution in [3.05, 3.63) is 95.5 Å². The molecule has 0 bridgehead atoms. The van der Waals surface area contributed by atoms with Gasteiger partial charge in [-0.25, -0.2) is 26.9 Å². The first kappa shape index (κ1) is 22.4. The van der Waals surface area contributed by atoms with Crippen LogP contribution in [0.25, 0.3) is 5.69 Å². The highest BCUT2D eigenvalue weighted by Gasteiger charge is 2.17. The van der Waals surface area contributed by atoms with Gasteiger partial charge in [-0.15, -0.1) is 0 Å². The van der Waals surface area contributed by atoms with Gasteiger partial charge in [0.05, 0.1) is 9.92 Å². The van der Waals surface area contributed by atoms with Crippen LogP contribution in [0, 0.1) is 11.6 Å². The van der Waals surface area contributed by atoms with Crippen LogP contribution in [0.4, 0.5) is 20.2 Å². The van der Waals surface area contributed by atoms with Crippen LogP contribution in [0.15, 0.2) is 78.2 Å². The first-order valence-corrected chi connectivity index (χ1v) is 11.1. The van der Waals surface area contributed by atoms with E-state index in [1.54, 1.807) is 0 Å². The molecule has 4 rings (SSSR count). The summed E-state index contributed by atoms with van der Waals surface area (Å²) in [5.74, 6) is -1.87. The van der Waals surface area contributed by atoms with Crippen molar-refractivity contribution in [3.63, 3.8) is 0 Å². The van der Waals surface area contributed by atoms with E-state index in [1.165, 1.54) is 53.7 Å². The highest BCUT2D eigenvalue weighted by molar-refractivity contribution is 7.92. The number of anilines is 2. The first-order chi connectivity index (χ1) is 15.7. The lowest BCUT2D eigenvalue weighted by atomic mass is 10.2. The average molecular weight is 490 g/mol. The number of amides is 1. The molecule has 1 amide bonds. The van der Waals surface area contributed by atoms with Crippen molar-refractivity contribution in [2.45, 2.75) is 4.90 Å². The third-order valence-electron chi connectivity index (χ3n) is 4.47. The van der Waals surface area contributed by atoms with Crippen LogP contribution in [0.5, 0.6) is 0 Å². The zero-order chi connectivity index (χ0) is 23.6. The molecule has 33 heavy (non-hydrogen) atoms. The Bertz CT molecular complexity index is 1430. The predicted molar refractivity (Wildman–Crippen MR) is 118 cm³/mol. The molecule has 168 valence electrons. The monoisotopic (exact) mass is 489 g/mol. The van der Waals surface area contributed by atoms with Crippen molar-refractivity contribution in [2.75, 3.05) is 10.0 Å². The van der Waals surface area contributed by atoms with Gasteiger partial charge in [0, 0.05) is 16.9 Å². The average Bonchev–Trinajstić information content (AvgIpc) is 3.30. The summed E-state index contributed by atoms with van der Waals surface area (Å²) in [6, 6.07) is 12.7. The van der Waals surface area contributed by atoms with Crippen LogP contribution >= 0.6 is 11.6 Å². The van der Waals surface area contributed by atoms with Gasteiger partial charge >= 0.3 is 0 Å². The Kier molecular flexibility index (Phi) is 6.07. The smallest absolute Gasteiger partial charge is 0.261 e. The van der Waals surface area contributed by atoms with E-state index in [0.29, 0.717) is 0 Å². The number of nitrogens with zero attached hydrogens (tertiary/aromatic N) is 3. The molecule has 1 aromatic heterocycles. The molecule has 0 aliphatic carbocycles. The lowest BCUT2D eigenvalue weighted by molar-refractivity contribution is 0.102. The van der Waals surface area contributed by atoms with Gasteiger partial charge in [0.25, 0.3) is 15.9 Å². The van der Waals surface area contributed by atoms with Gasteiger partial charge in [-0.2, -0.15) is 5.10 Å². The number of carbonyl (C=O) groups is 1. The molecule has 12 heteroatoms. The van der Waals surface area contributed by atoms with Gasteiger partial charge < -0.3 is 5.32 Å². The molecule has 1 heterocycles. The molecule has 0 aliphatic heterocycles. The fraction of sp³-hybridized carbons (Fsp3) is 0. The fourth-order valence-corrected chi connectivity index (χ4v) is 4.18. The highest BCUT2D eigenvalue weighted by atomic mass is 35.5. The van der Waals surface area contributed by atoms with Gasteiger partial charge in [-0.3, -0.25) is 9.52 Å². The summed E-state index contributed by atoms with van der Waals surface area (Å²) >= 11 is 5.65. The summed E-state index contributed by atoms with van der Waals surface area (Å²) in [4.78, 5) is 16.0. The van der Waals surface area contributed by atoms with Gasteiger partial charge in [0.2, 0.25) is 0 Å². The number of benzene rings is 3. The van der Waals surface area contributed by atoms with E-state index in [1.807, 2.05) is 0 Å². The lowest BCUT2D eigenvalue weighted by Gasteiger charge is -2.10. The number of nitrogens with one attached hydrogen (secondary N) is 2. The summed E-state index contributed by atoms with van der Waals surface area (Å²) in [7, 11) is -4.02. The zero-order valence-electron chi connectivity index (χ0n) is 16.5. The maximum Gasteiger partial charge on any atom is 0.261 e. The molecule has 0 radical (unpaired) electrons. The summed E-state index contributed by atoms with van der Waals surface area (Å²) < 4.78 is 56.1. The molecular weight excluding hydrogens is 476 g/mol. The molecule has 0 saturated heterocycles. The molecule has 8 nitrogen and oxygen atoms in total. The molecule has 4 aromatic rings. The van der Waals surface area contributed by atoms with Crippen molar-refractivity contribution in [1.82, 2.24) is 14.8 Å². The second kappa shape index (κ2) is 8.96. The van der Waals surface area contributed by atoms with E-state index in [4.69, 9.17) is 11.6 Å². The molecule has 0 saturated carbocycles. The standard InChI is InChI=1S/C21H14ClF2N5O3S/c22-17-10-16(6-7-18(17)23)33(31,32)28-14-3-1-13(2-4-14)21(30)27-15-5-8-20(19(24)9-15)29-12-25-11-26-29/h1-12,28H,(H,27,30). The molecule has 0 unspecified atom stereocenters. The SMILES string of the molecule is O=C(Nc1ccc(-n2cncn2)c(F)c1)c1ccc(NS(=O)(=O)c2ccc(F)c(Cl)c2)cc1. The number of carbonyl (C=O) groups excluding carboxylic acids is 1. The Balaban J connectivity index is 1.45. The molecule has 2 N–H and O–H groups in total. The van der Waals surface area contributed by atoms with Crippen LogP contribution in [-0.2, 0) is 10.0 Å². The van der Waals surface area contributed by atoms with Crippen LogP contribution in [0.3, 0.4) is 0 Å². The number of aromatic nitrogens is 3. The Morgan fingerprint density at radius 2 is 1.67 bits per heavy atom. The number of halogens is 3. The molecular formula is C21H14ClF2N5O3S. The maximum atomic E-state index is 14.3. The largest absolute Gasteiger partial charge is 0.322 e. The van der Waals surface area contributed by atoms with Crippen molar-refractivity contribution >= 4 is 38.9 Å². The molecule has 3 aromatic carbocycles. The Hall–Kier alpha value is -3.83. The highest BCUT2D eigenvalue weighted by Crippen LogP contribution is 2.23. The molecule has 0 atom stereocenters. The number of rotatable bonds is 6. The van der Waals surface area contributed by atoms with Crippen LogP contribution in [-0.4, -0.2) is 29.1 Å². The van der Waals surface area contributed by atoms with E-state index in [9.17, 15) is 22.0 Å². The Morgan fingerprint density at radius 1 is 0.939 bits per heavy atom. The first-order valence-electron chi connectivity index (χ1n) is 9.27. The molecule has 0 aliphatic rings. The second-order valence-electron chi connectivity index (χ2n) is 6.72. The van der Waals surface area contributed by atoms with E-state index < -0.39 is 27.6 Å². The quantitative estimate of drug-likeness (QED) is 0.421. The number of hydrogen-bond acceptors (Lipinski definition) is 5. The zero-order valence-corrected chi connectivity index (χ0v) is 18.1. The van der Waals surface area contributed by atoms with E-state index in [0.717, 1.165) is 24.3 Å². The predicted octanol–water partition coefficient (Wildman–Crippen LogP) is 4.25. The minimum Gasteiger partial charge on any atom is -0.322 e.